The smallest absolute Gasteiger partial charge is 0.127 e. The van der Waals surface area contributed by atoms with Crippen LogP contribution >= 0.6 is 11.8 Å². The molecule has 0 saturated heterocycles. The summed E-state index contributed by atoms with van der Waals surface area (Å²) in [6.07, 6.45) is 0. The summed E-state index contributed by atoms with van der Waals surface area (Å²) in [6.45, 7) is 0.998. The monoisotopic (exact) mass is 229 g/mol. The normalized spacial score (nSPS) is 10.6. The van der Waals surface area contributed by atoms with Gasteiger partial charge < -0.3 is 10.5 Å². The van der Waals surface area contributed by atoms with Crippen LogP contribution in [0, 0.1) is 5.82 Å². The Bertz CT molecular complexity index is 307. The summed E-state index contributed by atoms with van der Waals surface area (Å²) < 4.78 is 18.0. The van der Waals surface area contributed by atoms with Crippen LogP contribution in [0.25, 0.3) is 0 Å². The highest BCUT2D eigenvalue weighted by atomic mass is 32.2. The van der Waals surface area contributed by atoms with Gasteiger partial charge in [-0.25, -0.2) is 4.39 Å². The van der Waals surface area contributed by atoms with Crippen LogP contribution in [0.1, 0.15) is 11.1 Å². The number of methoxy groups -OCH3 is 1. The second kappa shape index (κ2) is 6.82. The molecule has 0 amide bonds. The second-order valence-corrected chi connectivity index (χ2v) is 4.28. The number of rotatable bonds is 6. The fourth-order valence-electron chi connectivity index (χ4n) is 1.21. The highest BCUT2D eigenvalue weighted by molar-refractivity contribution is 7.98. The first-order valence-electron chi connectivity index (χ1n) is 4.82. The van der Waals surface area contributed by atoms with Crippen molar-refractivity contribution in [1.82, 2.24) is 0 Å². The van der Waals surface area contributed by atoms with Gasteiger partial charge in [0, 0.05) is 30.7 Å². The van der Waals surface area contributed by atoms with E-state index < -0.39 is 0 Å². The molecular weight excluding hydrogens is 213 g/mol. The van der Waals surface area contributed by atoms with Gasteiger partial charge in [-0.15, -0.1) is 0 Å². The Labute approximate surface area is 94.0 Å². The van der Waals surface area contributed by atoms with Crippen molar-refractivity contribution in [2.75, 3.05) is 19.5 Å². The molecule has 1 rings (SSSR count). The Kier molecular flexibility index (Phi) is 5.68. The lowest BCUT2D eigenvalue weighted by atomic mass is 10.1. The Morgan fingerprint density at radius 1 is 1.47 bits per heavy atom. The summed E-state index contributed by atoms with van der Waals surface area (Å²) in [6, 6.07) is 5.11. The van der Waals surface area contributed by atoms with Crippen LogP contribution in [-0.2, 0) is 17.0 Å². The molecule has 0 heterocycles. The molecule has 0 bridgehead atoms. The minimum absolute atomic E-state index is 0.219. The molecule has 2 N–H and O–H groups in total. The van der Waals surface area contributed by atoms with Gasteiger partial charge in [0.1, 0.15) is 5.82 Å². The van der Waals surface area contributed by atoms with Crippen LogP contribution in [-0.4, -0.2) is 19.5 Å². The zero-order chi connectivity index (χ0) is 11.1. The van der Waals surface area contributed by atoms with Crippen molar-refractivity contribution in [1.29, 1.82) is 0 Å². The van der Waals surface area contributed by atoms with Gasteiger partial charge in [0.2, 0.25) is 0 Å². The van der Waals surface area contributed by atoms with E-state index in [1.807, 2.05) is 6.07 Å². The maximum absolute atomic E-state index is 13.1. The summed E-state index contributed by atoms with van der Waals surface area (Å²) in [5, 5.41) is 0. The molecule has 0 fully saturated rings. The molecule has 15 heavy (non-hydrogen) atoms. The van der Waals surface area contributed by atoms with E-state index in [9.17, 15) is 4.39 Å². The first-order chi connectivity index (χ1) is 7.27. The summed E-state index contributed by atoms with van der Waals surface area (Å²) in [5.74, 6) is 1.60. The van der Waals surface area contributed by atoms with Gasteiger partial charge in [0.15, 0.2) is 0 Å². The zero-order valence-corrected chi connectivity index (χ0v) is 9.65. The maximum Gasteiger partial charge on any atom is 0.127 e. The summed E-state index contributed by atoms with van der Waals surface area (Å²) in [4.78, 5) is 0. The molecule has 1 aromatic rings. The number of hydrogen-bond acceptors (Lipinski definition) is 3. The van der Waals surface area contributed by atoms with E-state index in [0.717, 1.165) is 23.7 Å². The van der Waals surface area contributed by atoms with E-state index in [0.29, 0.717) is 5.56 Å². The van der Waals surface area contributed by atoms with Crippen molar-refractivity contribution in [3.8, 4) is 0 Å². The molecule has 0 radical (unpaired) electrons. The van der Waals surface area contributed by atoms with E-state index in [4.69, 9.17) is 10.5 Å². The predicted octanol–water partition coefficient (Wildman–Crippen LogP) is 2.16. The molecular formula is C11H16FNOS. The van der Waals surface area contributed by atoms with E-state index in [2.05, 4.69) is 0 Å². The summed E-state index contributed by atoms with van der Waals surface area (Å²) in [7, 11) is 1.69. The van der Waals surface area contributed by atoms with Crippen LogP contribution < -0.4 is 5.73 Å². The van der Waals surface area contributed by atoms with Crippen LogP contribution in [0.4, 0.5) is 4.39 Å². The fourth-order valence-corrected chi connectivity index (χ4v) is 2.05. The number of halogens is 1. The fraction of sp³-hybridized carbons (Fsp3) is 0.455. The van der Waals surface area contributed by atoms with Crippen LogP contribution in [0.5, 0.6) is 0 Å². The number of nitrogens with two attached hydrogens (primary N) is 1. The summed E-state index contributed by atoms with van der Waals surface area (Å²) >= 11 is 1.77. The molecule has 0 aliphatic carbocycles. The van der Waals surface area contributed by atoms with E-state index in [1.54, 1.807) is 24.9 Å². The van der Waals surface area contributed by atoms with E-state index >= 15 is 0 Å². The van der Waals surface area contributed by atoms with Gasteiger partial charge in [0.25, 0.3) is 0 Å². The molecule has 84 valence electrons. The van der Waals surface area contributed by atoms with Crippen molar-refractivity contribution in [3.63, 3.8) is 0 Å². The van der Waals surface area contributed by atoms with Crippen molar-refractivity contribution < 1.29 is 9.13 Å². The third-order valence-electron chi connectivity index (χ3n) is 2.03. The molecule has 0 aromatic heterocycles. The molecule has 0 atom stereocenters. The van der Waals surface area contributed by atoms with Crippen LogP contribution in [0.3, 0.4) is 0 Å². The Hall–Kier alpha value is -0.580. The highest BCUT2D eigenvalue weighted by Crippen LogP contribution is 2.15. The number of ether oxygens (including phenoxy) is 1. The lowest BCUT2D eigenvalue weighted by molar-refractivity contribution is 0.218. The molecule has 0 aliphatic heterocycles. The van der Waals surface area contributed by atoms with Gasteiger partial charge in [0.05, 0.1) is 6.61 Å². The van der Waals surface area contributed by atoms with Gasteiger partial charge in [-0.3, -0.25) is 0 Å². The van der Waals surface area contributed by atoms with Crippen molar-refractivity contribution in [3.05, 3.63) is 35.1 Å². The first-order valence-corrected chi connectivity index (χ1v) is 5.97. The second-order valence-electron chi connectivity index (χ2n) is 3.18. The SMILES string of the molecule is COCCSCc1ccc(F)c(CN)c1. The largest absolute Gasteiger partial charge is 0.384 e. The lowest BCUT2D eigenvalue weighted by Crippen LogP contribution is -2.00. The predicted molar refractivity (Wildman–Crippen MR) is 62.3 cm³/mol. The number of benzene rings is 1. The Morgan fingerprint density at radius 2 is 2.27 bits per heavy atom. The maximum atomic E-state index is 13.1. The minimum atomic E-state index is -0.219. The summed E-state index contributed by atoms with van der Waals surface area (Å²) in [5.41, 5.74) is 7.12. The lowest BCUT2D eigenvalue weighted by Gasteiger charge is -2.05. The molecule has 0 aliphatic rings. The zero-order valence-electron chi connectivity index (χ0n) is 8.83. The highest BCUT2D eigenvalue weighted by Gasteiger charge is 2.01. The van der Waals surface area contributed by atoms with Crippen LogP contribution in [0.15, 0.2) is 18.2 Å². The molecule has 0 unspecified atom stereocenters. The van der Waals surface area contributed by atoms with Gasteiger partial charge in [-0.1, -0.05) is 12.1 Å². The van der Waals surface area contributed by atoms with Crippen molar-refractivity contribution in [2.45, 2.75) is 12.3 Å². The quantitative estimate of drug-likeness (QED) is 0.759. The van der Waals surface area contributed by atoms with Crippen LogP contribution in [0.2, 0.25) is 0 Å². The van der Waals surface area contributed by atoms with Gasteiger partial charge in [-0.05, 0) is 11.6 Å². The van der Waals surface area contributed by atoms with E-state index in [1.165, 1.54) is 6.07 Å². The molecule has 0 spiro atoms. The van der Waals surface area contributed by atoms with Gasteiger partial charge in [-0.2, -0.15) is 11.8 Å². The van der Waals surface area contributed by atoms with Gasteiger partial charge >= 0.3 is 0 Å². The molecule has 2 nitrogen and oxygen atoms in total. The molecule has 0 saturated carbocycles. The third kappa shape index (κ3) is 4.20. The first kappa shape index (κ1) is 12.5. The van der Waals surface area contributed by atoms with E-state index in [-0.39, 0.29) is 12.4 Å². The molecule has 1 aromatic carbocycles. The Balaban J connectivity index is 2.47. The van der Waals surface area contributed by atoms with Crippen molar-refractivity contribution >= 4 is 11.8 Å². The number of thioether (sulfide) groups is 1. The standard InChI is InChI=1S/C11H16FNOS/c1-14-4-5-15-8-9-2-3-11(12)10(6-9)7-13/h2-3,6H,4-5,7-8,13H2,1H3. The molecule has 4 heteroatoms. The van der Waals surface area contributed by atoms with Crippen molar-refractivity contribution in [2.24, 2.45) is 5.73 Å². The average Bonchev–Trinajstić information content (AvgIpc) is 2.26. The Morgan fingerprint density at radius 3 is 2.93 bits per heavy atom. The topological polar surface area (TPSA) is 35.2 Å². The number of hydrogen-bond donors (Lipinski definition) is 1. The third-order valence-corrected chi connectivity index (χ3v) is 3.02. The minimum Gasteiger partial charge on any atom is -0.384 e. The average molecular weight is 229 g/mol.